The summed E-state index contributed by atoms with van der Waals surface area (Å²) < 4.78 is 37.2. The summed E-state index contributed by atoms with van der Waals surface area (Å²) in [5.41, 5.74) is 1.58. The molecule has 2 aromatic rings. The highest BCUT2D eigenvalue weighted by atomic mass is 32.2. The van der Waals surface area contributed by atoms with Gasteiger partial charge in [-0.15, -0.1) is 0 Å². The van der Waals surface area contributed by atoms with Crippen LogP contribution in [0.4, 0.5) is 10.7 Å². The van der Waals surface area contributed by atoms with Crippen molar-refractivity contribution in [3.05, 3.63) is 41.5 Å². The molecule has 2 amide bonds. The molecule has 1 N–H and O–H groups in total. The number of amides is 2. The molecular weight excluding hydrogens is 392 g/mol. The Labute approximate surface area is 162 Å². The van der Waals surface area contributed by atoms with Crippen LogP contribution >= 0.6 is 0 Å². The maximum absolute atomic E-state index is 11.0. The van der Waals surface area contributed by atoms with Gasteiger partial charge in [0.25, 0.3) is 0 Å². The highest BCUT2D eigenvalue weighted by molar-refractivity contribution is 7.62. The molecule has 28 heavy (non-hydrogen) atoms. The standard InChI is InChI=1S/C9H10O2.C7H8N4O5S/c1-7-5-3-4-6-8(7)9(10)11-2;1-15-4-3-5(16-2)9-6(8-4)10-7(12)11-17(13)14/h3-6H,1-2H3;3H,1-2H3,(H,8,9,10,12). The Morgan fingerprint density at radius 2 is 1.61 bits per heavy atom. The lowest BCUT2D eigenvalue weighted by molar-refractivity contribution is 0.0600. The fourth-order valence-corrected chi connectivity index (χ4v) is 1.95. The second-order valence-corrected chi connectivity index (χ2v) is 5.44. The predicted octanol–water partition coefficient (Wildman–Crippen LogP) is 1.87. The van der Waals surface area contributed by atoms with E-state index < -0.39 is 16.5 Å². The van der Waals surface area contributed by atoms with Crippen molar-refractivity contribution in [1.82, 2.24) is 9.97 Å². The maximum Gasteiger partial charge on any atom is 0.362 e. The third-order valence-electron chi connectivity index (χ3n) is 3.02. The van der Waals surface area contributed by atoms with Gasteiger partial charge >= 0.3 is 22.5 Å². The van der Waals surface area contributed by atoms with Gasteiger partial charge in [0.2, 0.25) is 17.7 Å². The average Bonchev–Trinajstić information content (AvgIpc) is 2.67. The van der Waals surface area contributed by atoms with Crippen LogP contribution < -0.4 is 14.8 Å². The van der Waals surface area contributed by atoms with Crippen LogP contribution in [0.25, 0.3) is 0 Å². The molecule has 2 rings (SSSR count). The number of nitrogens with zero attached hydrogens (tertiary/aromatic N) is 3. The van der Waals surface area contributed by atoms with E-state index in [4.69, 9.17) is 9.47 Å². The number of aryl methyl sites for hydroxylation is 1. The number of nitrogens with one attached hydrogen (secondary N) is 1. The molecule has 0 saturated carbocycles. The van der Waals surface area contributed by atoms with Crippen molar-refractivity contribution in [3.63, 3.8) is 0 Å². The molecule has 0 unspecified atom stereocenters. The second kappa shape index (κ2) is 11.2. The Balaban J connectivity index is 0.000000307. The summed E-state index contributed by atoms with van der Waals surface area (Å²) in [5.74, 6) is -0.158. The molecule has 0 radical (unpaired) electrons. The summed E-state index contributed by atoms with van der Waals surface area (Å²) in [4.78, 5) is 29.5. The lowest BCUT2D eigenvalue weighted by Crippen LogP contribution is -2.10. The zero-order chi connectivity index (χ0) is 21.1. The van der Waals surface area contributed by atoms with Crippen LogP contribution in [0.5, 0.6) is 11.8 Å². The number of aromatic nitrogens is 2. The van der Waals surface area contributed by atoms with E-state index in [1.807, 2.05) is 30.4 Å². The highest BCUT2D eigenvalue weighted by Crippen LogP contribution is 2.17. The first kappa shape index (κ1) is 22.5. The van der Waals surface area contributed by atoms with Crippen LogP contribution in [0.2, 0.25) is 0 Å². The van der Waals surface area contributed by atoms with Gasteiger partial charge in [-0.2, -0.15) is 18.4 Å². The average molecular weight is 410 g/mol. The SMILES string of the molecule is COC(=O)c1ccccc1C.COc1cc(OC)nc(NC(=O)N=S(=O)=O)n1. The van der Waals surface area contributed by atoms with E-state index in [1.165, 1.54) is 27.4 Å². The zero-order valence-electron chi connectivity index (χ0n) is 15.5. The molecule has 0 fully saturated rings. The van der Waals surface area contributed by atoms with E-state index in [2.05, 4.69) is 19.1 Å². The molecule has 0 aliphatic rings. The van der Waals surface area contributed by atoms with E-state index >= 15 is 0 Å². The van der Waals surface area contributed by atoms with Crippen LogP contribution in [0, 0.1) is 6.92 Å². The Kier molecular flexibility index (Phi) is 9.03. The fourth-order valence-electron chi connectivity index (χ4n) is 1.77. The number of carbonyl (C=O) groups excluding carboxylic acids is 2. The zero-order valence-corrected chi connectivity index (χ0v) is 16.3. The number of rotatable bonds is 4. The monoisotopic (exact) mass is 410 g/mol. The van der Waals surface area contributed by atoms with Crippen LogP contribution in [0.15, 0.2) is 34.7 Å². The highest BCUT2D eigenvalue weighted by Gasteiger charge is 2.08. The van der Waals surface area contributed by atoms with Gasteiger partial charge < -0.3 is 14.2 Å². The maximum atomic E-state index is 11.0. The number of hydrogen-bond donors (Lipinski definition) is 1. The number of urea groups is 1. The van der Waals surface area contributed by atoms with Crippen molar-refractivity contribution in [2.24, 2.45) is 4.36 Å². The Morgan fingerprint density at radius 1 is 1.04 bits per heavy atom. The number of esters is 1. The topological polar surface area (TPSA) is 146 Å². The lowest BCUT2D eigenvalue weighted by atomic mass is 10.1. The molecule has 11 nitrogen and oxygen atoms in total. The molecule has 0 spiro atoms. The van der Waals surface area contributed by atoms with Crippen molar-refractivity contribution in [2.75, 3.05) is 26.6 Å². The summed E-state index contributed by atoms with van der Waals surface area (Å²) in [6.07, 6.45) is 0. The van der Waals surface area contributed by atoms with E-state index in [9.17, 15) is 18.0 Å². The molecule has 150 valence electrons. The Bertz CT molecular complexity index is 946. The van der Waals surface area contributed by atoms with Gasteiger partial charge in [0.15, 0.2) is 0 Å². The summed E-state index contributed by atoms with van der Waals surface area (Å²) in [6.45, 7) is 1.88. The minimum absolute atomic E-state index is 0.149. The first-order valence-corrected chi connectivity index (χ1v) is 8.57. The molecule has 0 saturated heterocycles. The summed E-state index contributed by atoms with van der Waals surface area (Å²) >= 11 is 0. The van der Waals surface area contributed by atoms with Gasteiger partial charge in [-0.05, 0) is 18.6 Å². The minimum atomic E-state index is -2.84. The largest absolute Gasteiger partial charge is 0.481 e. The Hall–Kier alpha value is -3.54. The first-order chi connectivity index (χ1) is 13.3. The van der Waals surface area contributed by atoms with Gasteiger partial charge in [0.05, 0.1) is 33.0 Å². The number of ether oxygens (including phenoxy) is 3. The quantitative estimate of drug-likeness (QED) is 0.746. The fraction of sp³-hybridized carbons (Fsp3) is 0.250. The van der Waals surface area contributed by atoms with Gasteiger partial charge in [0, 0.05) is 0 Å². The normalized spacial score (nSPS) is 9.29. The molecule has 1 aromatic heterocycles. The van der Waals surface area contributed by atoms with Gasteiger partial charge in [0.1, 0.15) is 0 Å². The van der Waals surface area contributed by atoms with Gasteiger partial charge in [-0.1, -0.05) is 22.6 Å². The molecular formula is C16H18N4O7S. The van der Waals surface area contributed by atoms with Crippen molar-refractivity contribution in [3.8, 4) is 11.8 Å². The molecule has 0 aliphatic carbocycles. The molecule has 0 atom stereocenters. The van der Waals surface area contributed by atoms with E-state index in [0.717, 1.165) is 5.56 Å². The van der Waals surface area contributed by atoms with E-state index in [-0.39, 0.29) is 23.7 Å². The number of benzene rings is 1. The molecule has 0 bridgehead atoms. The van der Waals surface area contributed by atoms with Gasteiger partial charge in [-0.3, -0.25) is 5.32 Å². The molecule has 1 heterocycles. The number of anilines is 1. The molecule has 1 aromatic carbocycles. The lowest BCUT2D eigenvalue weighted by Gasteiger charge is -2.05. The smallest absolute Gasteiger partial charge is 0.362 e. The van der Waals surface area contributed by atoms with Crippen molar-refractivity contribution in [2.45, 2.75) is 6.92 Å². The van der Waals surface area contributed by atoms with Crippen molar-refractivity contribution in [1.29, 1.82) is 0 Å². The van der Waals surface area contributed by atoms with E-state index in [1.54, 1.807) is 6.07 Å². The van der Waals surface area contributed by atoms with Crippen LogP contribution in [-0.4, -0.2) is 51.7 Å². The summed E-state index contributed by atoms with van der Waals surface area (Å²) in [5, 5.41) is 2.04. The molecule has 0 aliphatic heterocycles. The summed E-state index contributed by atoms with van der Waals surface area (Å²) in [6, 6.07) is 7.61. The first-order valence-electron chi connectivity index (χ1n) is 7.53. The van der Waals surface area contributed by atoms with Gasteiger partial charge in [-0.25, -0.2) is 9.59 Å². The predicted molar refractivity (Wildman–Crippen MR) is 98.0 cm³/mol. The van der Waals surface area contributed by atoms with Crippen LogP contribution in [-0.2, 0) is 15.2 Å². The minimum Gasteiger partial charge on any atom is -0.481 e. The number of hydrogen-bond acceptors (Lipinski definition) is 9. The van der Waals surface area contributed by atoms with Crippen molar-refractivity contribution >= 4 is 28.4 Å². The number of methoxy groups -OCH3 is 3. The Morgan fingerprint density at radius 3 is 2.07 bits per heavy atom. The summed E-state index contributed by atoms with van der Waals surface area (Å²) in [7, 11) is 1.28. The third kappa shape index (κ3) is 7.37. The third-order valence-corrected chi connectivity index (χ3v) is 3.34. The second-order valence-electron chi connectivity index (χ2n) is 4.82. The van der Waals surface area contributed by atoms with Crippen LogP contribution in [0.3, 0.4) is 0 Å². The molecule has 12 heteroatoms. The number of carbonyl (C=O) groups is 2. The van der Waals surface area contributed by atoms with Crippen molar-refractivity contribution < 1.29 is 32.2 Å². The van der Waals surface area contributed by atoms with Crippen LogP contribution in [0.1, 0.15) is 15.9 Å². The van der Waals surface area contributed by atoms with E-state index in [0.29, 0.717) is 5.56 Å².